The van der Waals surface area contributed by atoms with E-state index in [1.54, 1.807) is 0 Å². The number of rotatable bonds is 7. The van der Waals surface area contributed by atoms with Crippen LogP contribution >= 0.6 is 0 Å². The number of para-hydroxylation sites is 3. The van der Waals surface area contributed by atoms with E-state index in [4.69, 9.17) is 9.47 Å². The number of hydrogen-bond donors (Lipinski definition) is 1. The quantitative estimate of drug-likeness (QED) is 0.630. The minimum Gasteiger partial charge on any atom is -0.490 e. The number of carbonyl (C=O) groups is 1. The Labute approximate surface area is 153 Å². The van der Waals surface area contributed by atoms with Crippen molar-refractivity contribution >= 4 is 11.6 Å². The summed E-state index contributed by atoms with van der Waals surface area (Å²) in [4.78, 5) is 12.5. The van der Waals surface area contributed by atoms with Gasteiger partial charge in [-0.1, -0.05) is 48.5 Å². The maximum absolute atomic E-state index is 12.5. The van der Waals surface area contributed by atoms with Crippen LogP contribution in [0.2, 0.25) is 0 Å². The number of nitrogens with one attached hydrogen (secondary N) is 1. The molecule has 3 aromatic carbocycles. The zero-order valence-corrected chi connectivity index (χ0v) is 14.6. The summed E-state index contributed by atoms with van der Waals surface area (Å²) in [5.74, 6) is 1.27. The van der Waals surface area contributed by atoms with Crippen LogP contribution in [0.15, 0.2) is 78.9 Å². The third-order valence-corrected chi connectivity index (χ3v) is 3.88. The first kappa shape index (κ1) is 17.5. The molecule has 0 aliphatic rings. The molecule has 0 spiro atoms. The molecule has 0 heterocycles. The number of benzene rings is 3. The minimum absolute atomic E-state index is 0.153. The molecule has 0 aliphatic carbocycles. The van der Waals surface area contributed by atoms with Crippen molar-refractivity contribution in [2.45, 2.75) is 6.92 Å². The smallest absolute Gasteiger partial charge is 0.256 e. The number of ether oxygens (including phenoxy) is 2. The molecule has 0 atom stereocenters. The lowest BCUT2D eigenvalue weighted by molar-refractivity contribution is 0.102. The first-order valence-electron chi connectivity index (χ1n) is 8.51. The van der Waals surface area contributed by atoms with Crippen LogP contribution in [0, 0.1) is 6.92 Å². The molecule has 0 aliphatic heterocycles. The van der Waals surface area contributed by atoms with Crippen LogP contribution in [0.1, 0.15) is 15.9 Å². The summed E-state index contributed by atoms with van der Waals surface area (Å²) < 4.78 is 11.4. The highest BCUT2D eigenvalue weighted by Crippen LogP contribution is 2.24. The molecule has 26 heavy (non-hydrogen) atoms. The maximum Gasteiger partial charge on any atom is 0.256 e. The van der Waals surface area contributed by atoms with Crippen molar-refractivity contribution < 1.29 is 14.3 Å². The lowest BCUT2D eigenvalue weighted by Gasteiger charge is -2.13. The molecule has 0 saturated carbocycles. The Balaban J connectivity index is 1.59. The average Bonchev–Trinajstić information content (AvgIpc) is 2.67. The van der Waals surface area contributed by atoms with Gasteiger partial charge in [-0.25, -0.2) is 0 Å². The van der Waals surface area contributed by atoms with Gasteiger partial charge >= 0.3 is 0 Å². The number of aryl methyl sites for hydroxylation is 1. The fourth-order valence-corrected chi connectivity index (χ4v) is 2.54. The second kappa shape index (κ2) is 8.72. The second-order valence-corrected chi connectivity index (χ2v) is 5.78. The van der Waals surface area contributed by atoms with E-state index < -0.39 is 0 Å². The van der Waals surface area contributed by atoms with Gasteiger partial charge in [0.1, 0.15) is 24.7 Å². The normalized spacial score (nSPS) is 10.2. The first-order chi connectivity index (χ1) is 12.7. The molecular weight excluding hydrogens is 326 g/mol. The Morgan fingerprint density at radius 3 is 2.27 bits per heavy atom. The molecule has 0 saturated heterocycles. The van der Waals surface area contributed by atoms with Crippen molar-refractivity contribution in [2.75, 3.05) is 18.5 Å². The highest BCUT2D eigenvalue weighted by Gasteiger charge is 2.11. The number of amides is 1. The number of hydrogen-bond acceptors (Lipinski definition) is 3. The summed E-state index contributed by atoms with van der Waals surface area (Å²) in [6.07, 6.45) is 0. The molecule has 1 N–H and O–H groups in total. The van der Waals surface area contributed by atoms with E-state index in [0.717, 1.165) is 11.3 Å². The molecule has 0 fully saturated rings. The van der Waals surface area contributed by atoms with E-state index in [2.05, 4.69) is 5.32 Å². The van der Waals surface area contributed by atoms with E-state index in [9.17, 15) is 4.79 Å². The fraction of sp³-hybridized carbons (Fsp3) is 0.136. The lowest BCUT2D eigenvalue weighted by atomic mass is 10.1. The summed E-state index contributed by atoms with van der Waals surface area (Å²) >= 11 is 0. The van der Waals surface area contributed by atoms with Crippen LogP contribution in [-0.2, 0) is 0 Å². The van der Waals surface area contributed by atoms with Gasteiger partial charge in [-0.15, -0.1) is 0 Å². The van der Waals surface area contributed by atoms with Crippen molar-refractivity contribution in [2.24, 2.45) is 0 Å². The maximum atomic E-state index is 12.5. The van der Waals surface area contributed by atoms with Gasteiger partial charge in [0.25, 0.3) is 5.91 Å². The van der Waals surface area contributed by atoms with E-state index in [1.165, 1.54) is 0 Å². The van der Waals surface area contributed by atoms with Crippen LogP contribution in [0.5, 0.6) is 11.5 Å². The summed E-state index contributed by atoms with van der Waals surface area (Å²) in [6.45, 7) is 2.72. The predicted molar refractivity (Wildman–Crippen MR) is 103 cm³/mol. The third-order valence-electron chi connectivity index (χ3n) is 3.88. The third kappa shape index (κ3) is 4.63. The van der Waals surface area contributed by atoms with Gasteiger partial charge in [-0.3, -0.25) is 4.79 Å². The number of carbonyl (C=O) groups excluding carboxylic acids is 1. The van der Waals surface area contributed by atoms with Crippen LogP contribution in [0.3, 0.4) is 0 Å². The topological polar surface area (TPSA) is 47.6 Å². The largest absolute Gasteiger partial charge is 0.490 e. The zero-order chi connectivity index (χ0) is 18.2. The van der Waals surface area contributed by atoms with Gasteiger partial charge in [0.2, 0.25) is 0 Å². The molecular formula is C22H21NO3. The van der Waals surface area contributed by atoms with Crippen molar-refractivity contribution in [3.63, 3.8) is 0 Å². The zero-order valence-electron chi connectivity index (χ0n) is 14.6. The van der Waals surface area contributed by atoms with Crippen molar-refractivity contribution in [1.29, 1.82) is 0 Å². The molecule has 0 aromatic heterocycles. The molecule has 3 rings (SSSR count). The van der Waals surface area contributed by atoms with E-state index in [0.29, 0.717) is 30.2 Å². The van der Waals surface area contributed by atoms with Crippen LogP contribution < -0.4 is 14.8 Å². The second-order valence-electron chi connectivity index (χ2n) is 5.78. The fourth-order valence-electron chi connectivity index (χ4n) is 2.54. The van der Waals surface area contributed by atoms with Gasteiger partial charge in [0.05, 0.1) is 5.69 Å². The van der Waals surface area contributed by atoms with Crippen molar-refractivity contribution in [3.05, 3.63) is 90.0 Å². The molecule has 4 heteroatoms. The molecule has 0 radical (unpaired) electrons. The molecule has 4 nitrogen and oxygen atoms in total. The summed E-state index contributed by atoms with van der Waals surface area (Å²) in [5, 5.41) is 2.92. The molecule has 3 aromatic rings. The minimum atomic E-state index is -0.153. The Kier molecular flexibility index (Phi) is 5.88. The monoisotopic (exact) mass is 347 g/mol. The van der Waals surface area contributed by atoms with Gasteiger partial charge in [0, 0.05) is 5.56 Å². The van der Waals surface area contributed by atoms with Crippen LogP contribution in [0.25, 0.3) is 0 Å². The van der Waals surface area contributed by atoms with E-state index in [1.807, 2.05) is 85.8 Å². The predicted octanol–water partition coefficient (Wildman–Crippen LogP) is 4.71. The standard InChI is InChI=1S/C22H21NO3/c1-17-9-5-6-12-19(17)22(24)23-20-13-7-8-14-21(20)26-16-15-25-18-10-3-2-4-11-18/h2-14H,15-16H2,1H3,(H,23,24). The van der Waals surface area contributed by atoms with Crippen molar-refractivity contribution in [3.8, 4) is 11.5 Å². The highest BCUT2D eigenvalue weighted by molar-refractivity contribution is 6.05. The van der Waals surface area contributed by atoms with Crippen LogP contribution in [-0.4, -0.2) is 19.1 Å². The average molecular weight is 347 g/mol. The highest BCUT2D eigenvalue weighted by atomic mass is 16.5. The van der Waals surface area contributed by atoms with Gasteiger partial charge in [-0.2, -0.15) is 0 Å². The number of anilines is 1. The first-order valence-corrected chi connectivity index (χ1v) is 8.51. The van der Waals surface area contributed by atoms with Gasteiger partial charge in [0.15, 0.2) is 0 Å². The Hall–Kier alpha value is -3.27. The van der Waals surface area contributed by atoms with E-state index in [-0.39, 0.29) is 5.91 Å². The Morgan fingerprint density at radius 2 is 1.46 bits per heavy atom. The van der Waals surface area contributed by atoms with E-state index >= 15 is 0 Å². The van der Waals surface area contributed by atoms with Crippen LogP contribution in [0.4, 0.5) is 5.69 Å². The molecule has 0 unspecified atom stereocenters. The lowest BCUT2D eigenvalue weighted by Crippen LogP contribution is -2.15. The SMILES string of the molecule is Cc1ccccc1C(=O)Nc1ccccc1OCCOc1ccccc1. The molecule has 0 bridgehead atoms. The molecule has 1 amide bonds. The summed E-state index contributed by atoms with van der Waals surface area (Å²) in [5.41, 5.74) is 2.22. The molecule has 132 valence electrons. The summed E-state index contributed by atoms with van der Waals surface area (Å²) in [6, 6.07) is 24.5. The Morgan fingerprint density at radius 1 is 0.808 bits per heavy atom. The van der Waals surface area contributed by atoms with Gasteiger partial charge in [-0.05, 0) is 42.8 Å². The van der Waals surface area contributed by atoms with Gasteiger partial charge < -0.3 is 14.8 Å². The van der Waals surface area contributed by atoms with Crippen molar-refractivity contribution in [1.82, 2.24) is 0 Å². The Bertz CT molecular complexity index is 862. The summed E-state index contributed by atoms with van der Waals surface area (Å²) in [7, 11) is 0.